The molecule has 7 nitrogen and oxygen atoms in total. The lowest BCUT2D eigenvalue weighted by atomic mass is 10.2. The lowest BCUT2D eigenvalue weighted by Crippen LogP contribution is -2.19. The zero-order chi connectivity index (χ0) is 21.1. The Labute approximate surface area is 176 Å². The third-order valence-corrected chi connectivity index (χ3v) is 5.45. The van der Waals surface area contributed by atoms with E-state index in [0.29, 0.717) is 0 Å². The van der Waals surface area contributed by atoms with Crippen LogP contribution >= 0.6 is 15.9 Å². The second-order valence-corrected chi connectivity index (χ2v) is 7.42. The van der Waals surface area contributed by atoms with Gasteiger partial charge in [0.1, 0.15) is 5.56 Å². The summed E-state index contributed by atoms with van der Waals surface area (Å²) in [5.74, 6) is -0.634. The number of halogens is 1. The number of hydrazone groups is 1. The topological polar surface area (TPSA) is 89.5 Å². The third kappa shape index (κ3) is 4.27. The van der Waals surface area contributed by atoms with Gasteiger partial charge in [-0.15, -0.1) is 0 Å². The Morgan fingerprint density at radius 3 is 2.59 bits per heavy atom. The first kappa shape index (κ1) is 20.5. The summed E-state index contributed by atoms with van der Waals surface area (Å²) in [4.78, 5) is 22.7. The Balaban J connectivity index is 1.83. The quantitative estimate of drug-likeness (QED) is 0.339. The molecule has 1 aromatic heterocycles. The lowest BCUT2D eigenvalue weighted by Gasteiger charge is -2.11. The predicted octanol–water partition coefficient (Wildman–Crippen LogP) is 4.84. The average molecular weight is 455 g/mol. The van der Waals surface area contributed by atoms with Gasteiger partial charge in [-0.3, -0.25) is 14.9 Å². The summed E-state index contributed by atoms with van der Waals surface area (Å²) < 4.78 is 3.12. The molecule has 0 spiro atoms. The summed E-state index contributed by atoms with van der Waals surface area (Å²) in [5.41, 5.74) is 7.04. The molecule has 0 saturated heterocycles. The summed E-state index contributed by atoms with van der Waals surface area (Å²) in [7, 11) is 0. The number of nitro groups is 1. The highest BCUT2D eigenvalue weighted by Crippen LogP contribution is 2.24. The number of para-hydroxylation sites is 1. The summed E-state index contributed by atoms with van der Waals surface area (Å²) >= 11 is 3.56. The fraction of sp³-hybridized carbons (Fsp3) is 0.143. The van der Waals surface area contributed by atoms with Crippen LogP contribution in [0.3, 0.4) is 0 Å². The number of aryl methyl sites for hydroxylation is 2. The second kappa shape index (κ2) is 8.40. The van der Waals surface area contributed by atoms with Gasteiger partial charge in [0.2, 0.25) is 0 Å². The number of nitrogens with one attached hydrogen (secondary N) is 1. The largest absolute Gasteiger partial charge is 0.318 e. The number of amides is 1. The Bertz CT molecular complexity index is 1130. The molecule has 0 atom stereocenters. The smallest absolute Gasteiger partial charge is 0.282 e. The predicted molar refractivity (Wildman–Crippen MR) is 116 cm³/mol. The molecule has 0 bridgehead atoms. The highest BCUT2D eigenvalue weighted by Gasteiger charge is 2.18. The number of benzene rings is 2. The summed E-state index contributed by atoms with van der Waals surface area (Å²) in [6.07, 6.45) is 1.54. The molecule has 3 aromatic rings. The Morgan fingerprint density at radius 1 is 1.17 bits per heavy atom. The molecule has 1 amide bonds. The maximum atomic E-state index is 12.3. The van der Waals surface area contributed by atoms with Crippen molar-refractivity contribution in [1.29, 1.82) is 0 Å². The Hall–Kier alpha value is -3.26. The van der Waals surface area contributed by atoms with Crippen molar-refractivity contribution in [2.75, 3.05) is 0 Å². The van der Waals surface area contributed by atoms with Gasteiger partial charge in [-0.1, -0.05) is 34.1 Å². The fourth-order valence-electron chi connectivity index (χ4n) is 3.08. The van der Waals surface area contributed by atoms with E-state index in [2.05, 4.69) is 31.0 Å². The minimum atomic E-state index is -0.634. The molecule has 0 aliphatic heterocycles. The van der Waals surface area contributed by atoms with Gasteiger partial charge in [0, 0.05) is 33.2 Å². The molecule has 2 aromatic carbocycles. The molecule has 0 aliphatic rings. The highest BCUT2D eigenvalue weighted by atomic mass is 79.9. The Kier molecular flexibility index (Phi) is 5.93. The summed E-state index contributed by atoms with van der Waals surface area (Å²) in [5, 5.41) is 15.1. The van der Waals surface area contributed by atoms with Crippen LogP contribution in [0.5, 0.6) is 0 Å². The first-order chi connectivity index (χ1) is 13.8. The number of rotatable bonds is 5. The average Bonchev–Trinajstić information content (AvgIpc) is 2.97. The third-order valence-electron chi connectivity index (χ3n) is 4.60. The molecule has 8 heteroatoms. The van der Waals surface area contributed by atoms with E-state index in [1.165, 1.54) is 24.4 Å². The molecule has 1 N–H and O–H groups in total. The van der Waals surface area contributed by atoms with Crippen LogP contribution in [0.15, 0.2) is 58.1 Å². The summed E-state index contributed by atoms with van der Waals surface area (Å²) in [6.45, 7) is 5.98. The van der Waals surface area contributed by atoms with E-state index in [-0.39, 0.29) is 11.3 Å². The highest BCUT2D eigenvalue weighted by molar-refractivity contribution is 9.10. The van der Waals surface area contributed by atoms with Gasteiger partial charge in [0.25, 0.3) is 11.6 Å². The van der Waals surface area contributed by atoms with Crippen molar-refractivity contribution >= 4 is 33.7 Å². The number of hydrogen-bond donors (Lipinski definition) is 1. The lowest BCUT2D eigenvalue weighted by molar-refractivity contribution is -0.385. The van der Waals surface area contributed by atoms with Crippen molar-refractivity contribution in [1.82, 2.24) is 9.99 Å². The minimum absolute atomic E-state index is 0.0374. The number of hydrogen-bond acceptors (Lipinski definition) is 4. The molecule has 0 saturated carbocycles. The van der Waals surface area contributed by atoms with Crippen molar-refractivity contribution in [3.63, 3.8) is 0 Å². The van der Waals surface area contributed by atoms with Crippen molar-refractivity contribution in [3.8, 4) is 5.69 Å². The van der Waals surface area contributed by atoms with Crippen LogP contribution in [-0.4, -0.2) is 21.6 Å². The van der Waals surface area contributed by atoms with Gasteiger partial charge in [-0.25, -0.2) is 5.43 Å². The number of carbonyl (C=O) groups excluding carboxylic acids is 1. The van der Waals surface area contributed by atoms with E-state index in [1.54, 1.807) is 6.07 Å². The number of aromatic nitrogens is 1. The SMILES string of the molecule is Cc1ccc(-n2c(C)cc(/C=N\NC(=O)c3ccccc3[N+](=O)[O-])c2C)cc1Br. The van der Waals surface area contributed by atoms with Crippen LogP contribution in [-0.2, 0) is 0 Å². The standard InChI is InChI=1S/C21H19BrN4O3/c1-13-8-9-17(11-19(13)22)25-14(2)10-16(15(25)3)12-23-24-21(27)18-6-4-5-7-20(18)26(28)29/h4-12H,1-3H3,(H,24,27)/b23-12-. The van der Waals surface area contributed by atoms with E-state index < -0.39 is 10.8 Å². The number of nitrogens with zero attached hydrogens (tertiary/aromatic N) is 3. The molecule has 148 valence electrons. The first-order valence-electron chi connectivity index (χ1n) is 8.82. The van der Waals surface area contributed by atoms with Gasteiger partial charge in [-0.2, -0.15) is 5.10 Å². The van der Waals surface area contributed by atoms with E-state index in [4.69, 9.17) is 0 Å². The van der Waals surface area contributed by atoms with Crippen LogP contribution in [0, 0.1) is 30.9 Å². The number of carbonyl (C=O) groups is 1. The minimum Gasteiger partial charge on any atom is -0.318 e. The molecule has 3 rings (SSSR count). The van der Waals surface area contributed by atoms with Crippen LogP contribution in [0.2, 0.25) is 0 Å². The van der Waals surface area contributed by atoms with Gasteiger partial charge < -0.3 is 4.57 Å². The van der Waals surface area contributed by atoms with E-state index in [9.17, 15) is 14.9 Å². The monoisotopic (exact) mass is 454 g/mol. The van der Waals surface area contributed by atoms with Crippen LogP contribution < -0.4 is 5.43 Å². The van der Waals surface area contributed by atoms with E-state index >= 15 is 0 Å². The zero-order valence-corrected chi connectivity index (χ0v) is 17.7. The van der Waals surface area contributed by atoms with Gasteiger partial charge in [-0.05, 0) is 50.6 Å². The molecule has 0 unspecified atom stereocenters. The van der Waals surface area contributed by atoms with Crippen molar-refractivity contribution < 1.29 is 9.72 Å². The first-order valence-corrected chi connectivity index (χ1v) is 9.61. The Morgan fingerprint density at radius 2 is 1.90 bits per heavy atom. The van der Waals surface area contributed by atoms with Crippen LogP contribution in [0.25, 0.3) is 5.69 Å². The second-order valence-electron chi connectivity index (χ2n) is 6.57. The maximum Gasteiger partial charge on any atom is 0.282 e. The number of nitro benzene ring substituents is 1. The van der Waals surface area contributed by atoms with Gasteiger partial charge in [0.15, 0.2) is 0 Å². The zero-order valence-electron chi connectivity index (χ0n) is 16.1. The molecule has 0 radical (unpaired) electrons. The van der Waals surface area contributed by atoms with Gasteiger partial charge in [0.05, 0.1) is 11.1 Å². The van der Waals surface area contributed by atoms with Crippen molar-refractivity contribution in [2.45, 2.75) is 20.8 Å². The van der Waals surface area contributed by atoms with E-state index in [1.807, 2.05) is 45.0 Å². The van der Waals surface area contributed by atoms with Crippen molar-refractivity contribution in [3.05, 3.63) is 91.2 Å². The molecule has 0 fully saturated rings. The van der Waals surface area contributed by atoms with Crippen LogP contribution in [0.4, 0.5) is 5.69 Å². The molecule has 29 heavy (non-hydrogen) atoms. The molecule has 1 heterocycles. The molecular weight excluding hydrogens is 436 g/mol. The fourth-order valence-corrected chi connectivity index (χ4v) is 3.45. The molecular formula is C21H19BrN4O3. The summed E-state index contributed by atoms with van der Waals surface area (Å²) in [6, 6.07) is 13.8. The van der Waals surface area contributed by atoms with Crippen LogP contribution in [0.1, 0.15) is 32.9 Å². The van der Waals surface area contributed by atoms with E-state index in [0.717, 1.165) is 32.7 Å². The maximum absolute atomic E-state index is 12.3. The van der Waals surface area contributed by atoms with Crippen molar-refractivity contribution in [2.24, 2.45) is 5.10 Å². The molecule has 0 aliphatic carbocycles. The van der Waals surface area contributed by atoms with Gasteiger partial charge >= 0.3 is 0 Å². The normalized spacial score (nSPS) is 11.0.